The molecule has 41 heavy (non-hydrogen) atoms. The monoisotopic (exact) mass is 584 g/mol. The van der Waals surface area contributed by atoms with Crippen LogP contribution in [0.4, 0.5) is 0 Å². The maximum absolute atomic E-state index is 12.8. The first-order chi connectivity index (χ1) is 20.0. The maximum Gasteiger partial charge on any atom is 0.283 e. The van der Waals surface area contributed by atoms with E-state index in [9.17, 15) is 4.79 Å². The standard InChI is InChI=1S/C32H32N4O3S2/c1-3-22(2)26-12-7-8-13-28(26)39-19-9-18-38-25-16-14-23(15-17-25)20-27-29(33)36-31(34-30(27)37)41-35-32(36)40-21-24-10-5-4-6-11-24/h4-8,10-17,20,22,33H,3,9,18-19,21H2,1-2H3/b27-20-,33-29?/t22-/m0/s1. The predicted molar refractivity (Wildman–Crippen MR) is 170 cm³/mol. The van der Waals surface area contributed by atoms with Crippen LogP contribution in [0.2, 0.25) is 0 Å². The van der Waals surface area contributed by atoms with Gasteiger partial charge in [-0.1, -0.05) is 86.3 Å². The lowest BCUT2D eigenvalue weighted by Gasteiger charge is -2.24. The molecule has 2 heterocycles. The predicted octanol–water partition coefficient (Wildman–Crippen LogP) is 7.56. The molecule has 1 atom stereocenters. The smallest absolute Gasteiger partial charge is 0.283 e. The topological polar surface area (TPSA) is 87.3 Å². The van der Waals surface area contributed by atoms with Gasteiger partial charge in [0, 0.05) is 12.2 Å². The molecule has 2 aliphatic rings. The second kappa shape index (κ2) is 13.7. The van der Waals surface area contributed by atoms with E-state index in [1.165, 1.54) is 17.3 Å². The van der Waals surface area contributed by atoms with E-state index < -0.39 is 5.91 Å². The molecule has 9 heteroatoms. The van der Waals surface area contributed by atoms with Gasteiger partial charge < -0.3 is 9.47 Å². The van der Waals surface area contributed by atoms with Crippen LogP contribution in [0.15, 0.2) is 93.8 Å². The average Bonchev–Trinajstić information content (AvgIpc) is 3.41. The summed E-state index contributed by atoms with van der Waals surface area (Å²) in [5, 5.41) is 9.83. The number of benzene rings is 3. The summed E-state index contributed by atoms with van der Waals surface area (Å²) in [6, 6.07) is 25.8. The molecule has 3 aromatic carbocycles. The minimum atomic E-state index is -0.437. The highest BCUT2D eigenvalue weighted by Crippen LogP contribution is 2.33. The number of nitrogens with zero attached hydrogens (tertiary/aromatic N) is 3. The van der Waals surface area contributed by atoms with Gasteiger partial charge in [-0.25, -0.2) is 4.90 Å². The highest BCUT2D eigenvalue weighted by Gasteiger charge is 2.37. The van der Waals surface area contributed by atoms with Crippen LogP contribution < -0.4 is 9.47 Å². The normalized spacial score (nSPS) is 16.3. The molecule has 1 N–H and O–H groups in total. The summed E-state index contributed by atoms with van der Waals surface area (Å²) in [5.41, 5.74) is 3.42. The van der Waals surface area contributed by atoms with Gasteiger partial charge in [0.2, 0.25) is 5.17 Å². The third-order valence-corrected chi connectivity index (χ3v) is 8.60. The zero-order valence-corrected chi connectivity index (χ0v) is 24.7. The molecule has 0 bridgehead atoms. The Kier molecular flexibility index (Phi) is 9.59. The van der Waals surface area contributed by atoms with Crippen molar-refractivity contribution in [3.63, 3.8) is 0 Å². The van der Waals surface area contributed by atoms with Crippen molar-refractivity contribution in [3.05, 3.63) is 101 Å². The highest BCUT2D eigenvalue weighted by atomic mass is 32.2. The van der Waals surface area contributed by atoms with Gasteiger partial charge >= 0.3 is 0 Å². The number of carbonyl (C=O) groups excluding carboxylic acids is 1. The van der Waals surface area contributed by atoms with Crippen molar-refractivity contribution >= 4 is 51.9 Å². The number of carbonyl (C=O) groups is 1. The van der Waals surface area contributed by atoms with Crippen LogP contribution in [0.25, 0.3) is 6.08 Å². The molecular weight excluding hydrogens is 553 g/mol. The van der Waals surface area contributed by atoms with Gasteiger partial charge in [-0.2, -0.15) is 9.39 Å². The van der Waals surface area contributed by atoms with Gasteiger partial charge in [-0.3, -0.25) is 10.2 Å². The van der Waals surface area contributed by atoms with E-state index in [2.05, 4.69) is 47.5 Å². The highest BCUT2D eigenvalue weighted by molar-refractivity contribution is 8.18. The van der Waals surface area contributed by atoms with Crippen molar-refractivity contribution in [2.45, 2.75) is 38.4 Å². The summed E-state index contributed by atoms with van der Waals surface area (Å²) < 4.78 is 16.4. The van der Waals surface area contributed by atoms with Crippen LogP contribution in [0, 0.1) is 5.41 Å². The van der Waals surface area contributed by atoms with Crippen molar-refractivity contribution in [2.24, 2.45) is 9.39 Å². The summed E-state index contributed by atoms with van der Waals surface area (Å²) in [4.78, 5) is 18.6. The Bertz CT molecular complexity index is 1490. The van der Waals surface area contributed by atoms with Crippen LogP contribution in [-0.2, 0) is 10.5 Å². The molecule has 0 radical (unpaired) electrons. The van der Waals surface area contributed by atoms with E-state index in [0.717, 1.165) is 47.4 Å². The van der Waals surface area contributed by atoms with Crippen molar-refractivity contribution < 1.29 is 14.3 Å². The van der Waals surface area contributed by atoms with Crippen LogP contribution >= 0.6 is 23.7 Å². The molecule has 1 amide bonds. The number of fused-ring (bicyclic) bond motifs is 1. The largest absolute Gasteiger partial charge is 0.493 e. The second-order valence-corrected chi connectivity index (χ2v) is 11.3. The Hall–Kier alpha value is -3.82. The number of amides is 1. The average molecular weight is 585 g/mol. The van der Waals surface area contributed by atoms with Crippen LogP contribution in [0.5, 0.6) is 11.5 Å². The van der Waals surface area contributed by atoms with Crippen molar-refractivity contribution in [1.82, 2.24) is 4.90 Å². The van der Waals surface area contributed by atoms with Gasteiger partial charge in [-0.15, -0.1) is 0 Å². The Labute approximate surface area is 249 Å². The molecule has 5 rings (SSSR count). The molecule has 0 fully saturated rings. The zero-order chi connectivity index (χ0) is 28.6. The van der Waals surface area contributed by atoms with E-state index in [-0.39, 0.29) is 11.4 Å². The summed E-state index contributed by atoms with van der Waals surface area (Å²) in [6.45, 7) is 5.50. The number of aliphatic imine (C=N–C) groups is 1. The molecule has 0 spiro atoms. The summed E-state index contributed by atoms with van der Waals surface area (Å²) >= 11 is 2.65. The summed E-state index contributed by atoms with van der Waals surface area (Å²) in [7, 11) is 0. The van der Waals surface area contributed by atoms with Gasteiger partial charge in [0.25, 0.3) is 5.91 Å². The molecule has 0 saturated heterocycles. The van der Waals surface area contributed by atoms with E-state index >= 15 is 0 Å². The Morgan fingerprint density at radius 3 is 2.51 bits per heavy atom. The van der Waals surface area contributed by atoms with Crippen molar-refractivity contribution in [1.29, 1.82) is 5.41 Å². The lowest BCUT2D eigenvalue weighted by molar-refractivity contribution is -0.114. The number of para-hydroxylation sites is 1. The number of ether oxygens (including phenoxy) is 2. The third-order valence-electron chi connectivity index (χ3n) is 6.77. The van der Waals surface area contributed by atoms with Gasteiger partial charge in [0.05, 0.1) is 30.7 Å². The molecule has 0 unspecified atom stereocenters. The fraction of sp³-hybridized carbons (Fsp3) is 0.250. The third kappa shape index (κ3) is 7.10. The zero-order valence-electron chi connectivity index (χ0n) is 23.1. The van der Waals surface area contributed by atoms with Gasteiger partial charge in [0.1, 0.15) is 17.3 Å². The fourth-order valence-electron chi connectivity index (χ4n) is 4.31. The number of thioether (sulfide) groups is 1. The minimum Gasteiger partial charge on any atom is -0.493 e. The van der Waals surface area contributed by atoms with E-state index in [1.807, 2.05) is 54.6 Å². The van der Waals surface area contributed by atoms with Gasteiger partial charge in [0.15, 0.2) is 5.17 Å². The van der Waals surface area contributed by atoms with Crippen LogP contribution in [-0.4, -0.2) is 40.2 Å². The quantitative estimate of drug-likeness (QED) is 0.142. The van der Waals surface area contributed by atoms with E-state index in [1.54, 1.807) is 11.0 Å². The molecular formula is C32H32N4O3S2. The fourth-order valence-corrected chi connectivity index (χ4v) is 6.11. The first kappa shape index (κ1) is 28.7. The molecule has 7 nitrogen and oxygen atoms in total. The number of hydrogen-bond donors (Lipinski definition) is 1. The molecule has 210 valence electrons. The Balaban J connectivity index is 1.14. The van der Waals surface area contributed by atoms with Crippen molar-refractivity contribution in [2.75, 3.05) is 13.2 Å². The summed E-state index contributed by atoms with van der Waals surface area (Å²) in [5.74, 6) is 2.50. The molecule has 0 aliphatic carbocycles. The second-order valence-electron chi connectivity index (χ2n) is 9.65. The summed E-state index contributed by atoms with van der Waals surface area (Å²) in [6.07, 6.45) is 3.52. The Morgan fingerprint density at radius 1 is 1.00 bits per heavy atom. The van der Waals surface area contributed by atoms with E-state index in [0.29, 0.717) is 35.2 Å². The lowest BCUT2D eigenvalue weighted by atomic mass is 9.98. The molecule has 2 aliphatic heterocycles. The SMILES string of the molecule is CC[C@H](C)c1ccccc1OCCCOc1ccc(/C=C2/C(=N)N3C(SCc4ccccc4)=NSC3=NC2=O)cc1. The number of hydrogen-bond acceptors (Lipinski definition) is 7. The van der Waals surface area contributed by atoms with Gasteiger partial charge in [-0.05, 0) is 53.3 Å². The van der Waals surface area contributed by atoms with Crippen LogP contribution in [0.3, 0.4) is 0 Å². The first-order valence-electron chi connectivity index (χ1n) is 13.6. The number of rotatable bonds is 11. The molecule has 0 saturated carbocycles. The first-order valence-corrected chi connectivity index (χ1v) is 15.4. The van der Waals surface area contributed by atoms with E-state index in [4.69, 9.17) is 14.9 Å². The minimum absolute atomic E-state index is 0.0829. The van der Waals surface area contributed by atoms with Crippen LogP contribution in [0.1, 0.15) is 49.3 Å². The number of nitrogens with one attached hydrogen (secondary N) is 1. The molecule has 0 aromatic heterocycles. The van der Waals surface area contributed by atoms with Crippen molar-refractivity contribution in [3.8, 4) is 11.5 Å². The number of amidine groups is 3. The Morgan fingerprint density at radius 2 is 1.73 bits per heavy atom. The molecule has 3 aromatic rings. The lowest BCUT2D eigenvalue weighted by Crippen LogP contribution is -2.41. The maximum atomic E-state index is 12.8.